The summed E-state index contributed by atoms with van der Waals surface area (Å²) in [6.07, 6.45) is 0. The summed E-state index contributed by atoms with van der Waals surface area (Å²) < 4.78 is 1.10. The predicted molar refractivity (Wildman–Crippen MR) is 55.1 cm³/mol. The summed E-state index contributed by atoms with van der Waals surface area (Å²) in [6.45, 7) is 2.43. The van der Waals surface area contributed by atoms with Crippen molar-refractivity contribution in [2.45, 2.75) is 13.5 Å². The molecule has 0 amide bonds. The summed E-state index contributed by atoms with van der Waals surface area (Å²) in [6, 6.07) is 3.54. The summed E-state index contributed by atoms with van der Waals surface area (Å²) in [4.78, 5) is 15.1. The first-order valence-electron chi connectivity index (χ1n) is 4.03. The highest BCUT2D eigenvalue weighted by Gasteiger charge is 2.04. The number of fused-ring (bicyclic) bond motifs is 1. The van der Waals surface area contributed by atoms with Gasteiger partial charge in [0.25, 0.3) is 0 Å². The molecule has 13 heavy (non-hydrogen) atoms. The van der Waals surface area contributed by atoms with Crippen LogP contribution in [0.2, 0.25) is 0 Å². The predicted octanol–water partition coefficient (Wildman–Crippen LogP) is 1.36. The highest BCUT2D eigenvalue weighted by atomic mass is 32.1. The van der Waals surface area contributed by atoms with E-state index >= 15 is 0 Å². The topological polar surface area (TPSA) is 58.9 Å². The lowest BCUT2D eigenvalue weighted by atomic mass is 10.2. The quantitative estimate of drug-likeness (QED) is 0.720. The van der Waals surface area contributed by atoms with Crippen LogP contribution in [0.1, 0.15) is 10.4 Å². The smallest absolute Gasteiger partial charge is 0.248 e. The minimum absolute atomic E-state index is 0.0780. The van der Waals surface area contributed by atoms with E-state index in [9.17, 15) is 4.79 Å². The van der Waals surface area contributed by atoms with Gasteiger partial charge in [-0.05, 0) is 18.6 Å². The van der Waals surface area contributed by atoms with Crippen LogP contribution in [0.25, 0.3) is 10.2 Å². The summed E-state index contributed by atoms with van der Waals surface area (Å²) in [5, 5.41) is 0. The number of nitrogens with one attached hydrogen (secondary N) is 1. The average Bonchev–Trinajstić information content (AvgIpc) is 2.43. The fraction of sp³-hybridized carbons (Fsp3) is 0.222. The van der Waals surface area contributed by atoms with E-state index in [1.165, 1.54) is 4.88 Å². The molecule has 3 nitrogen and oxygen atoms in total. The summed E-state index contributed by atoms with van der Waals surface area (Å²) in [7, 11) is 0. The lowest BCUT2D eigenvalue weighted by molar-refractivity contribution is 1.08. The SMILES string of the molecule is Cc1cc2[nH]c(=O)cc(CN)c2s1. The van der Waals surface area contributed by atoms with Crippen molar-refractivity contribution in [2.75, 3.05) is 0 Å². The van der Waals surface area contributed by atoms with E-state index in [0.29, 0.717) is 6.54 Å². The molecule has 0 aliphatic heterocycles. The van der Waals surface area contributed by atoms with Gasteiger partial charge in [0.1, 0.15) is 0 Å². The normalized spacial score (nSPS) is 10.9. The van der Waals surface area contributed by atoms with Crippen LogP contribution in [-0.4, -0.2) is 4.98 Å². The van der Waals surface area contributed by atoms with Gasteiger partial charge in [-0.1, -0.05) is 0 Å². The van der Waals surface area contributed by atoms with Crippen molar-refractivity contribution in [1.82, 2.24) is 4.98 Å². The van der Waals surface area contributed by atoms with Crippen LogP contribution in [0.15, 0.2) is 16.9 Å². The second kappa shape index (κ2) is 2.97. The number of nitrogens with two attached hydrogens (primary N) is 1. The molecule has 0 spiro atoms. The molecule has 2 rings (SSSR count). The largest absolute Gasteiger partial charge is 0.326 e. The molecule has 0 aliphatic carbocycles. The Hall–Kier alpha value is -1.13. The molecule has 2 heterocycles. The Balaban J connectivity index is 2.88. The number of aryl methyl sites for hydroxylation is 1. The van der Waals surface area contributed by atoms with E-state index < -0.39 is 0 Å². The van der Waals surface area contributed by atoms with E-state index in [1.54, 1.807) is 17.4 Å². The number of H-pyrrole nitrogens is 1. The van der Waals surface area contributed by atoms with Gasteiger partial charge in [0, 0.05) is 17.5 Å². The molecule has 2 aromatic rings. The number of aromatic amines is 1. The molecule has 0 aliphatic rings. The maximum atomic E-state index is 11.2. The Morgan fingerprint density at radius 1 is 1.54 bits per heavy atom. The zero-order valence-electron chi connectivity index (χ0n) is 7.26. The number of hydrogen-bond acceptors (Lipinski definition) is 3. The number of thiophene rings is 1. The van der Waals surface area contributed by atoms with Gasteiger partial charge in [-0.15, -0.1) is 11.3 Å². The van der Waals surface area contributed by atoms with E-state index in [0.717, 1.165) is 15.8 Å². The van der Waals surface area contributed by atoms with Crippen LogP contribution in [0.3, 0.4) is 0 Å². The number of aromatic nitrogens is 1. The number of pyridine rings is 1. The molecular formula is C9H10N2OS. The van der Waals surface area contributed by atoms with E-state index in [4.69, 9.17) is 5.73 Å². The highest BCUT2D eigenvalue weighted by Crippen LogP contribution is 2.24. The van der Waals surface area contributed by atoms with Gasteiger partial charge in [-0.3, -0.25) is 4.79 Å². The average molecular weight is 194 g/mol. The maximum absolute atomic E-state index is 11.2. The minimum Gasteiger partial charge on any atom is -0.326 e. The third-order valence-electron chi connectivity index (χ3n) is 1.93. The van der Waals surface area contributed by atoms with Crippen LogP contribution >= 0.6 is 11.3 Å². The fourth-order valence-electron chi connectivity index (χ4n) is 1.39. The molecule has 0 atom stereocenters. The van der Waals surface area contributed by atoms with Gasteiger partial charge in [-0.2, -0.15) is 0 Å². The molecule has 0 unspecified atom stereocenters. The molecule has 0 radical (unpaired) electrons. The maximum Gasteiger partial charge on any atom is 0.248 e. The van der Waals surface area contributed by atoms with Crippen molar-refractivity contribution >= 4 is 21.6 Å². The molecule has 4 heteroatoms. The third kappa shape index (κ3) is 1.38. The van der Waals surface area contributed by atoms with Gasteiger partial charge in [0.05, 0.1) is 10.2 Å². The van der Waals surface area contributed by atoms with Gasteiger partial charge in [-0.25, -0.2) is 0 Å². The van der Waals surface area contributed by atoms with Crippen molar-refractivity contribution in [2.24, 2.45) is 5.73 Å². The summed E-state index contributed by atoms with van der Waals surface area (Å²) in [5.41, 5.74) is 7.30. The van der Waals surface area contributed by atoms with Crippen molar-refractivity contribution in [3.63, 3.8) is 0 Å². The van der Waals surface area contributed by atoms with Crippen molar-refractivity contribution in [1.29, 1.82) is 0 Å². The Labute approximate surface area is 79.2 Å². The molecular weight excluding hydrogens is 184 g/mol. The lowest BCUT2D eigenvalue weighted by Crippen LogP contribution is -2.07. The van der Waals surface area contributed by atoms with Crippen LogP contribution in [-0.2, 0) is 6.54 Å². The standard InChI is InChI=1S/C9H10N2OS/c1-5-2-7-9(13-5)6(4-10)3-8(12)11-7/h2-3H,4,10H2,1H3,(H,11,12). The number of hydrogen-bond donors (Lipinski definition) is 2. The second-order valence-electron chi connectivity index (χ2n) is 2.96. The molecule has 0 fully saturated rings. The highest BCUT2D eigenvalue weighted by molar-refractivity contribution is 7.19. The molecule has 68 valence electrons. The minimum atomic E-state index is -0.0780. The Morgan fingerprint density at radius 2 is 2.31 bits per heavy atom. The fourth-order valence-corrected chi connectivity index (χ4v) is 2.38. The van der Waals surface area contributed by atoms with Crippen LogP contribution in [0.5, 0.6) is 0 Å². The van der Waals surface area contributed by atoms with Crippen LogP contribution in [0, 0.1) is 6.92 Å². The molecule has 0 saturated heterocycles. The second-order valence-corrected chi connectivity index (χ2v) is 4.22. The lowest BCUT2D eigenvalue weighted by Gasteiger charge is -1.96. The molecule has 3 N–H and O–H groups in total. The van der Waals surface area contributed by atoms with Gasteiger partial charge in [0.2, 0.25) is 5.56 Å². The van der Waals surface area contributed by atoms with Crippen molar-refractivity contribution < 1.29 is 0 Å². The first kappa shape index (κ1) is 8.47. The van der Waals surface area contributed by atoms with Gasteiger partial charge in [0.15, 0.2) is 0 Å². The van der Waals surface area contributed by atoms with Gasteiger partial charge < -0.3 is 10.7 Å². The van der Waals surface area contributed by atoms with Gasteiger partial charge >= 0.3 is 0 Å². The third-order valence-corrected chi connectivity index (χ3v) is 3.06. The molecule has 0 saturated carbocycles. The van der Waals surface area contributed by atoms with E-state index in [1.807, 2.05) is 13.0 Å². The van der Waals surface area contributed by atoms with E-state index in [2.05, 4.69) is 4.98 Å². The van der Waals surface area contributed by atoms with Crippen molar-refractivity contribution in [3.8, 4) is 0 Å². The first-order chi connectivity index (χ1) is 6.20. The molecule has 0 bridgehead atoms. The summed E-state index contributed by atoms with van der Waals surface area (Å²) >= 11 is 1.66. The summed E-state index contributed by atoms with van der Waals surface area (Å²) in [5.74, 6) is 0. The Kier molecular flexibility index (Phi) is 1.94. The van der Waals surface area contributed by atoms with Crippen LogP contribution in [0.4, 0.5) is 0 Å². The Bertz CT molecular complexity index is 498. The first-order valence-corrected chi connectivity index (χ1v) is 4.85. The van der Waals surface area contributed by atoms with Crippen molar-refractivity contribution in [3.05, 3.63) is 32.9 Å². The zero-order chi connectivity index (χ0) is 9.42. The van der Waals surface area contributed by atoms with Crippen LogP contribution < -0.4 is 11.3 Å². The van der Waals surface area contributed by atoms with E-state index in [-0.39, 0.29) is 5.56 Å². The Morgan fingerprint density at radius 3 is 3.00 bits per heavy atom. The number of rotatable bonds is 1. The molecule has 2 aromatic heterocycles. The monoisotopic (exact) mass is 194 g/mol. The molecule has 0 aromatic carbocycles. The zero-order valence-corrected chi connectivity index (χ0v) is 8.07.